The lowest BCUT2D eigenvalue weighted by molar-refractivity contribution is 0.368. The highest BCUT2D eigenvalue weighted by atomic mass is 32.1. The molecule has 0 saturated heterocycles. The first-order valence-corrected chi connectivity index (χ1v) is 6.93. The third kappa shape index (κ3) is 2.43. The Balaban J connectivity index is 1.90. The number of thiophene rings is 1. The lowest BCUT2D eigenvalue weighted by Gasteiger charge is -2.02. The quantitative estimate of drug-likeness (QED) is 0.798. The predicted octanol–water partition coefficient (Wildman–Crippen LogP) is 2.85. The summed E-state index contributed by atoms with van der Waals surface area (Å²) in [5.41, 5.74) is 6.93. The Bertz CT molecular complexity index is 694. The second-order valence-corrected chi connectivity index (χ2v) is 5.16. The van der Waals surface area contributed by atoms with Gasteiger partial charge in [0.05, 0.1) is 7.11 Å². The lowest BCUT2D eigenvalue weighted by atomic mass is 10.2. The molecule has 102 valence electrons. The van der Waals surface area contributed by atoms with Gasteiger partial charge in [-0.2, -0.15) is 4.98 Å². The van der Waals surface area contributed by atoms with E-state index in [1.54, 1.807) is 18.4 Å². The zero-order valence-electron chi connectivity index (χ0n) is 10.8. The maximum absolute atomic E-state index is 6.10. The third-order valence-corrected chi connectivity index (χ3v) is 3.84. The number of nitrogens with zero attached hydrogens (tertiary/aromatic N) is 2. The summed E-state index contributed by atoms with van der Waals surface area (Å²) in [6, 6.07) is 11.0. The standard InChI is InChI=1S/C14H13N3O2S/c1-18-10-5-2-4-9(8-10)13-16-14(19-17-13)12(15)11-6-3-7-20-11/h2-8,12H,15H2,1H3. The number of nitrogens with two attached hydrogens (primary N) is 1. The molecule has 3 rings (SSSR count). The first kappa shape index (κ1) is 12.8. The summed E-state index contributed by atoms with van der Waals surface area (Å²) in [5, 5.41) is 5.94. The van der Waals surface area contributed by atoms with Gasteiger partial charge in [-0.05, 0) is 23.6 Å². The van der Waals surface area contributed by atoms with Crippen molar-refractivity contribution in [3.63, 3.8) is 0 Å². The van der Waals surface area contributed by atoms with Crippen LogP contribution in [0.5, 0.6) is 5.75 Å². The topological polar surface area (TPSA) is 74.2 Å². The normalized spacial score (nSPS) is 12.3. The average Bonchev–Trinajstić information content (AvgIpc) is 3.18. The fraction of sp³-hybridized carbons (Fsp3) is 0.143. The highest BCUT2D eigenvalue weighted by molar-refractivity contribution is 7.10. The van der Waals surface area contributed by atoms with Gasteiger partial charge in [-0.3, -0.25) is 0 Å². The van der Waals surface area contributed by atoms with Gasteiger partial charge in [0.1, 0.15) is 11.8 Å². The van der Waals surface area contributed by atoms with E-state index in [1.807, 2.05) is 41.8 Å². The zero-order valence-corrected chi connectivity index (χ0v) is 11.6. The van der Waals surface area contributed by atoms with E-state index in [1.165, 1.54) is 0 Å². The van der Waals surface area contributed by atoms with Crippen LogP contribution in [0.4, 0.5) is 0 Å². The van der Waals surface area contributed by atoms with Gasteiger partial charge in [-0.1, -0.05) is 23.4 Å². The molecule has 1 unspecified atom stereocenters. The van der Waals surface area contributed by atoms with Crippen molar-refractivity contribution in [2.45, 2.75) is 6.04 Å². The Morgan fingerprint density at radius 1 is 1.30 bits per heavy atom. The second kappa shape index (κ2) is 5.44. The van der Waals surface area contributed by atoms with Gasteiger partial charge in [0.2, 0.25) is 11.7 Å². The van der Waals surface area contributed by atoms with E-state index in [2.05, 4.69) is 10.1 Å². The predicted molar refractivity (Wildman–Crippen MR) is 76.6 cm³/mol. The summed E-state index contributed by atoms with van der Waals surface area (Å²) < 4.78 is 10.4. The Hall–Kier alpha value is -2.18. The van der Waals surface area contributed by atoms with Crippen molar-refractivity contribution in [1.29, 1.82) is 0 Å². The molecule has 0 saturated carbocycles. The molecule has 0 amide bonds. The molecule has 20 heavy (non-hydrogen) atoms. The summed E-state index contributed by atoms with van der Waals surface area (Å²) in [6.45, 7) is 0. The van der Waals surface area contributed by atoms with Gasteiger partial charge < -0.3 is 15.0 Å². The molecular weight excluding hydrogens is 274 g/mol. The van der Waals surface area contributed by atoms with Crippen LogP contribution in [0.1, 0.15) is 16.8 Å². The van der Waals surface area contributed by atoms with Gasteiger partial charge in [0.25, 0.3) is 0 Å². The monoisotopic (exact) mass is 287 g/mol. The number of aromatic nitrogens is 2. The highest BCUT2D eigenvalue weighted by Gasteiger charge is 2.18. The maximum Gasteiger partial charge on any atom is 0.249 e. The molecule has 0 aliphatic rings. The molecule has 0 spiro atoms. The average molecular weight is 287 g/mol. The Labute approximate surface area is 120 Å². The number of ether oxygens (including phenoxy) is 1. The van der Waals surface area contributed by atoms with E-state index >= 15 is 0 Å². The number of hydrogen-bond acceptors (Lipinski definition) is 6. The summed E-state index contributed by atoms with van der Waals surface area (Å²) >= 11 is 1.56. The molecule has 0 aliphatic heterocycles. The molecule has 6 heteroatoms. The first-order chi connectivity index (χ1) is 9.78. The Morgan fingerprint density at radius 3 is 2.95 bits per heavy atom. The van der Waals surface area contributed by atoms with Crippen LogP contribution >= 0.6 is 11.3 Å². The molecule has 0 bridgehead atoms. The van der Waals surface area contributed by atoms with E-state index in [4.69, 9.17) is 15.0 Å². The molecule has 2 N–H and O–H groups in total. The zero-order chi connectivity index (χ0) is 13.9. The number of hydrogen-bond donors (Lipinski definition) is 1. The van der Waals surface area contributed by atoms with Gasteiger partial charge in [-0.25, -0.2) is 0 Å². The lowest BCUT2D eigenvalue weighted by Crippen LogP contribution is -2.10. The van der Waals surface area contributed by atoms with E-state index in [-0.39, 0.29) is 6.04 Å². The highest BCUT2D eigenvalue weighted by Crippen LogP contribution is 2.26. The molecule has 1 atom stereocenters. The number of benzene rings is 1. The van der Waals surface area contributed by atoms with E-state index in [9.17, 15) is 0 Å². The summed E-state index contributed by atoms with van der Waals surface area (Å²) in [5.74, 6) is 1.66. The van der Waals surface area contributed by atoms with Crippen molar-refractivity contribution in [3.05, 3.63) is 52.5 Å². The maximum atomic E-state index is 6.10. The molecular formula is C14H13N3O2S. The second-order valence-electron chi connectivity index (χ2n) is 4.18. The molecule has 0 radical (unpaired) electrons. The van der Waals surface area contributed by atoms with Gasteiger partial charge in [0, 0.05) is 10.4 Å². The van der Waals surface area contributed by atoms with Crippen LogP contribution in [0.2, 0.25) is 0 Å². The SMILES string of the molecule is COc1cccc(-c2noc(C(N)c3cccs3)n2)c1. The largest absolute Gasteiger partial charge is 0.497 e. The van der Waals surface area contributed by atoms with E-state index in [0.717, 1.165) is 16.2 Å². The van der Waals surface area contributed by atoms with E-state index < -0.39 is 0 Å². The van der Waals surface area contributed by atoms with Crippen molar-refractivity contribution >= 4 is 11.3 Å². The summed E-state index contributed by atoms with van der Waals surface area (Å²) in [7, 11) is 1.62. The van der Waals surface area contributed by atoms with Crippen molar-refractivity contribution in [3.8, 4) is 17.1 Å². The van der Waals surface area contributed by atoms with Gasteiger partial charge in [-0.15, -0.1) is 11.3 Å². The van der Waals surface area contributed by atoms with Crippen molar-refractivity contribution < 1.29 is 9.26 Å². The van der Waals surface area contributed by atoms with Crippen LogP contribution in [-0.4, -0.2) is 17.3 Å². The van der Waals surface area contributed by atoms with Crippen LogP contribution in [0.25, 0.3) is 11.4 Å². The molecule has 2 aromatic heterocycles. The molecule has 0 fully saturated rings. The summed E-state index contributed by atoms with van der Waals surface area (Å²) in [6.07, 6.45) is 0. The van der Waals surface area contributed by atoms with Gasteiger partial charge >= 0.3 is 0 Å². The van der Waals surface area contributed by atoms with Crippen LogP contribution in [0, 0.1) is 0 Å². The van der Waals surface area contributed by atoms with Crippen LogP contribution < -0.4 is 10.5 Å². The third-order valence-electron chi connectivity index (χ3n) is 2.89. The minimum absolute atomic E-state index is 0.387. The fourth-order valence-corrected chi connectivity index (χ4v) is 2.55. The minimum Gasteiger partial charge on any atom is -0.497 e. The van der Waals surface area contributed by atoms with Crippen LogP contribution in [-0.2, 0) is 0 Å². The smallest absolute Gasteiger partial charge is 0.249 e. The van der Waals surface area contributed by atoms with Crippen molar-refractivity contribution in [1.82, 2.24) is 10.1 Å². The number of methoxy groups -OCH3 is 1. The molecule has 1 aromatic carbocycles. The minimum atomic E-state index is -0.387. The van der Waals surface area contributed by atoms with E-state index in [0.29, 0.717) is 11.7 Å². The molecule has 0 aliphatic carbocycles. The fourth-order valence-electron chi connectivity index (χ4n) is 1.83. The number of rotatable bonds is 4. The molecule has 2 heterocycles. The Morgan fingerprint density at radius 2 is 2.20 bits per heavy atom. The van der Waals surface area contributed by atoms with Crippen molar-refractivity contribution in [2.75, 3.05) is 7.11 Å². The molecule has 5 nitrogen and oxygen atoms in total. The summed E-state index contributed by atoms with van der Waals surface area (Å²) in [4.78, 5) is 5.35. The molecule has 3 aromatic rings. The van der Waals surface area contributed by atoms with Crippen molar-refractivity contribution in [2.24, 2.45) is 5.73 Å². The first-order valence-electron chi connectivity index (χ1n) is 6.05. The van der Waals surface area contributed by atoms with Gasteiger partial charge in [0.15, 0.2) is 0 Å². The Kier molecular flexibility index (Phi) is 3.49. The van der Waals surface area contributed by atoms with Crippen LogP contribution in [0.15, 0.2) is 46.3 Å². The van der Waals surface area contributed by atoms with Crippen LogP contribution in [0.3, 0.4) is 0 Å².